The number of carbonyl (C=O) groups excluding carboxylic acids is 1. The van der Waals surface area contributed by atoms with Crippen molar-refractivity contribution in [2.24, 2.45) is 0 Å². The molecule has 1 N–H and O–H groups in total. The predicted octanol–water partition coefficient (Wildman–Crippen LogP) is 5.76. The minimum atomic E-state index is -2.16. The molecule has 38 heavy (non-hydrogen) atoms. The summed E-state index contributed by atoms with van der Waals surface area (Å²) in [5.74, 6) is -0.776. The number of hydrogen-bond acceptors (Lipinski definition) is 5. The van der Waals surface area contributed by atoms with Gasteiger partial charge in [0.05, 0.1) is 12.2 Å². The molecule has 5 nitrogen and oxygen atoms in total. The lowest BCUT2D eigenvalue weighted by Crippen LogP contribution is -2.58. The van der Waals surface area contributed by atoms with E-state index in [1.54, 1.807) is 30.3 Å². The largest absolute Gasteiger partial charge is 0.453 e. The van der Waals surface area contributed by atoms with Crippen molar-refractivity contribution in [2.75, 3.05) is 6.61 Å². The number of halogens is 2. The quantitative estimate of drug-likeness (QED) is 0.184. The number of esters is 1. The number of nitrogens with one attached hydrogen (secondary N) is 1. The zero-order valence-electron chi connectivity index (χ0n) is 20.5. The van der Waals surface area contributed by atoms with Gasteiger partial charge in [-0.15, -0.1) is 0 Å². The van der Waals surface area contributed by atoms with Crippen LogP contribution in [0, 0.1) is 0 Å². The molecule has 1 saturated heterocycles. The molecule has 194 valence electrons. The van der Waals surface area contributed by atoms with Crippen molar-refractivity contribution in [2.45, 2.75) is 30.3 Å². The second-order valence-electron chi connectivity index (χ2n) is 8.95. The average Bonchev–Trinajstić information content (AvgIpc) is 2.99. The fourth-order valence-corrected chi connectivity index (χ4v) is 4.67. The number of ether oxygens (including phenoxy) is 2. The maximum absolute atomic E-state index is 15.1. The third-order valence-corrected chi connectivity index (χ3v) is 6.55. The summed E-state index contributed by atoms with van der Waals surface area (Å²) >= 11 is 0. The molecule has 0 spiro atoms. The second-order valence-corrected chi connectivity index (χ2v) is 8.95. The molecule has 1 heterocycles. The number of hydrogen-bond donors (Lipinski definition) is 1. The van der Waals surface area contributed by atoms with E-state index in [2.05, 4.69) is 5.48 Å². The molecule has 4 aromatic carbocycles. The van der Waals surface area contributed by atoms with Crippen molar-refractivity contribution < 1.29 is 27.9 Å². The van der Waals surface area contributed by atoms with E-state index in [0.717, 1.165) is 16.7 Å². The first kappa shape index (κ1) is 25.7. The Kier molecular flexibility index (Phi) is 7.89. The standard InChI is InChI=1S/C31H27F2NO4/c32-27-28(37-30(35)22-13-5-1-6-14-22)26(38-34-29(27)33)21-36-31(23-15-7-2-8-16-23,24-17-9-3-10-18-24)25-19-11-4-12-20-25/h1-20,26-29,34H,21H2/t26-,27+,28?,29?/m1/s1. The van der Waals surface area contributed by atoms with Crippen molar-refractivity contribution in [1.29, 1.82) is 0 Å². The van der Waals surface area contributed by atoms with E-state index >= 15 is 4.39 Å². The Morgan fingerprint density at radius 1 is 0.737 bits per heavy atom. The maximum Gasteiger partial charge on any atom is 0.338 e. The summed E-state index contributed by atoms with van der Waals surface area (Å²) in [5, 5.41) is 0. The van der Waals surface area contributed by atoms with Crippen molar-refractivity contribution in [3.8, 4) is 0 Å². The van der Waals surface area contributed by atoms with Gasteiger partial charge in [-0.2, -0.15) is 5.48 Å². The average molecular weight is 516 g/mol. The zero-order valence-corrected chi connectivity index (χ0v) is 20.5. The second kappa shape index (κ2) is 11.6. The molecule has 0 bridgehead atoms. The van der Waals surface area contributed by atoms with E-state index in [1.807, 2.05) is 91.0 Å². The van der Waals surface area contributed by atoms with E-state index < -0.39 is 36.2 Å². The third-order valence-electron chi connectivity index (χ3n) is 6.55. The molecule has 0 aromatic heterocycles. The fraction of sp³-hybridized carbons (Fsp3) is 0.194. The van der Waals surface area contributed by atoms with E-state index in [9.17, 15) is 9.18 Å². The highest BCUT2D eigenvalue weighted by Crippen LogP contribution is 2.41. The Bertz CT molecular complexity index is 1210. The lowest BCUT2D eigenvalue weighted by Gasteiger charge is -2.40. The van der Waals surface area contributed by atoms with Crippen molar-refractivity contribution >= 4 is 5.97 Å². The van der Waals surface area contributed by atoms with Gasteiger partial charge in [-0.05, 0) is 28.8 Å². The van der Waals surface area contributed by atoms with Crippen LogP contribution in [0.5, 0.6) is 0 Å². The van der Waals surface area contributed by atoms with Crippen LogP contribution < -0.4 is 5.48 Å². The molecule has 0 aliphatic carbocycles. The van der Waals surface area contributed by atoms with Gasteiger partial charge in [0.1, 0.15) is 11.7 Å². The van der Waals surface area contributed by atoms with Crippen molar-refractivity contribution in [3.05, 3.63) is 144 Å². The smallest absolute Gasteiger partial charge is 0.338 e. The van der Waals surface area contributed by atoms with Crippen LogP contribution in [0.1, 0.15) is 27.0 Å². The molecule has 1 aliphatic heterocycles. The molecule has 0 saturated carbocycles. The molecule has 4 aromatic rings. The zero-order chi connectivity index (χ0) is 26.4. The Labute approximate surface area is 219 Å². The Morgan fingerprint density at radius 2 is 1.18 bits per heavy atom. The van der Waals surface area contributed by atoms with E-state index in [0.29, 0.717) is 0 Å². The first-order valence-electron chi connectivity index (χ1n) is 12.4. The maximum atomic E-state index is 15.1. The number of benzene rings is 4. The lowest BCUT2D eigenvalue weighted by atomic mass is 9.80. The summed E-state index contributed by atoms with van der Waals surface area (Å²) in [6, 6.07) is 37.0. The number of hydroxylamine groups is 1. The summed E-state index contributed by atoms with van der Waals surface area (Å²) in [7, 11) is 0. The molecule has 5 rings (SSSR count). The van der Waals surface area contributed by atoms with E-state index in [-0.39, 0.29) is 12.2 Å². The first-order chi connectivity index (χ1) is 18.6. The molecule has 1 fully saturated rings. The summed E-state index contributed by atoms with van der Waals surface area (Å²) in [5.41, 5.74) is 3.68. The molecule has 1 aliphatic rings. The highest BCUT2D eigenvalue weighted by atomic mass is 19.2. The minimum absolute atomic E-state index is 0.217. The molecule has 4 atom stereocenters. The Hall–Kier alpha value is -3.91. The summed E-state index contributed by atoms with van der Waals surface area (Å²) in [4.78, 5) is 18.2. The topological polar surface area (TPSA) is 56.8 Å². The van der Waals surface area contributed by atoms with Crippen LogP contribution in [0.2, 0.25) is 0 Å². The first-order valence-corrected chi connectivity index (χ1v) is 12.4. The van der Waals surface area contributed by atoms with Crippen molar-refractivity contribution in [3.63, 3.8) is 0 Å². The van der Waals surface area contributed by atoms with Crippen LogP contribution in [0.3, 0.4) is 0 Å². The number of alkyl halides is 2. The molecule has 2 unspecified atom stereocenters. The Morgan fingerprint density at radius 3 is 1.66 bits per heavy atom. The highest BCUT2D eigenvalue weighted by molar-refractivity contribution is 5.89. The highest BCUT2D eigenvalue weighted by Gasteiger charge is 2.46. The Balaban J connectivity index is 1.51. The van der Waals surface area contributed by atoms with Gasteiger partial charge < -0.3 is 9.47 Å². The van der Waals surface area contributed by atoms with Gasteiger partial charge in [0.25, 0.3) is 0 Å². The predicted molar refractivity (Wildman–Crippen MR) is 139 cm³/mol. The summed E-state index contributed by atoms with van der Waals surface area (Å²) in [6.45, 7) is -0.217. The van der Waals surface area contributed by atoms with Gasteiger partial charge >= 0.3 is 5.97 Å². The van der Waals surface area contributed by atoms with Crippen LogP contribution in [-0.4, -0.2) is 37.3 Å². The normalized spacial score (nSPS) is 21.5. The van der Waals surface area contributed by atoms with Gasteiger partial charge in [0.2, 0.25) is 6.30 Å². The fourth-order valence-electron chi connectivity index (χ4n) is 4.67. The number of rotatable bonds is 8. The van der Waals surface area contributed by atoms with Gasteiger partial charge in [-0.1, -0.05) is 109 Å². The van der Waals surface area contributed by atoms with Crippen LogP contribution in [-0.2, 0) is 19.9 Å². The van der Waals surface area contributed by atoms with Gasteiger partial charge in [-0.3, -0.25) is 4.84 Å². The molecule has 0 amide bonds. The SMILES string of the molecule is O=C(OC1[C@H](F)C(F)NO[C@@H]1COC(c1ccccc1)(c1ccccc1)c1ccccc1)c1ccccc1. The lowest BCUT2D eigenvalue weighted by molar-refractivity contribution is -0.220. The summed E-state index contributed by atoms with van der Waals surface area (Å²) < 4.78 is 41.5. The molecule has 0 radical (unpaired) electrons. The van der Waals surface area contributed by atoms with Crippen LogP contribution in [0.15, 0.2) is 121 Å². The van der Waals surface area contributed by atoms with Crippen LogP contribution >= 0.6 is 0 Å². The van der Waals surface area contributed by atoms with Crippen molar-refractivity contribution in [1.82, 2.24) is 5.48 Å². The van der Waals surface area contributed by atoms with E-state index in [1.165, 1.54) is 0 Å². The van der Waals surface area contributed by atoms with Gasteiger partial charge in [0, 0.05) is 0 Å². The van der Waals surface area contributed by atoms with Gasteiger partial charge in [-0.25, -0.2) is 13.6 Å². The van der Waals surface area contributed by atoms with E-state index in [4.69, 9.17) is 14.3 Å². The van der Waals surface area contributed by atoms with Gasteiger partial charge in [0.15, 0.2) is 12.3 Å². The number of carbonyl (C=O) groups is 1. The molecular weight excluding hydrogens is 488 g/mol. The summed E-state index contributed by atoms with van der Waals surface area (Å²) in [6.07, 6.45) is -7.01. The van der Waals surface area contributed by atoms with Crippen LogP contribution in [0.25, 0.3) is 0 Å². The van der Waals surface area contributed by atoms with Crippen LogP contribution in [0.4, 0.5) is 8.78 Å². The third kappa shape index (κ3) is 5.22. The molecule has 7 heteroatoms. The minimum Gasteiger partial charge on any atom is -0.453 e. The monoisotopic (exact) mass is 515 g/mol. The molecular formula is C31H27F2NO4.